The van der Waals surface area contributed by atoms with Crippen LogP contribution in [0.3, 0.4) is 0 Å². The standard InChI is InChI=1S/C26H33ClO9/c1-12-8-9-19(34-16(5)29)25(7)11-10-18(33-15(4)28)13(2)20(25)22(35-17(6)30)26(32)14(3)24(31)36-23(26)21(12)27/h8-11,13-14,18-23,32H,1H2,2-7H3/b9-8-/t13-,14-,18+,19-,20+,21-,22-,23-,25+,26+/m0/s1. The molecule has 10 heteroatoms. The van der Waals surface area contributed by atoms with E-state index in [9.17, 15) is 24.3 Å². The summed E-state index contributed by atoms with van der Waals surface area (Å²) in [5, 5.41) is 11.2. The Morgan fingerprint density at radius 1 is 1.06 bits per heavy atom. The zero-order valence-electron chi connectivity index (χ0n) is 21.2. The summed E-state index contributed by atoms with van der Waals surface area (Å²) in [5.74, 6) is -5.05. The topological polar surface area (TPSA) is 125 Å². The number of hydrogen-bond acceptors (Lipinski definition) is 9. The van der Waals surface area contributed by atoms with Crippen molar-refractivity contribution < 1.29 is 43.2 Å². The van der Waals surface area contributed by atoms with Gasteiger partial charge in [0.2, 0.25) is 0 Å². The van der Waals surface area contributed by atoms with Crippen LogP contribution in [0.25, 0.3) is 0 Å². The van der Waals surface area contributed by atoms with Crippen molar-refractivity contribution in [2.24, 2.45) is 23.2 Å². The summed E-state index contributed by atoms with van der Waals surface area (Å²) >= 11 is 6.67. The number of aliphatic hydroxyl groups is 1. The Labute approximate surface area is 215 Å². The molecular formula is C26H33ClO9. The molecular weight excluding hydrogens is 492 g/mol. The smallest absolute Gasteiger partial charge is 0.312 e. The molecule has 10 atom stereocenters. The van der Waals surface area contributed by atoms with E-state index in [-0.39, 0.29) is 0 Å². The van der Waals surface area contributed by atoms with Gasteiger partial charge in [0.1, 0.15) is 18.3 Å². The fourth-order valence-electron chi connectivity index (χ4n) is 5.73. The van der Waals surface area contributed by atoms with E-state index >= 15 is 0 Å². The normalized spacial score (nSPS) is 42.9. The van der Waals surface area contributed by atoms with Crippen LogP contribution in [0.1, 0.15) is 41.5 Å². The highest BCUT2D eigenvalue weighted by Gasteiger charge is 2.67. The van der Waals surface area contributed by atoms with Gasteiger partial charge in [-0.05, 0) is 24.6 Å². The Bertz CT molecular complexity index is 1020. The van der Waals surface area contributed by atoms with Crippen LogP contribution in [0.4, 0.5) is 0 Å². The van der Waals surface area contributed by atoms with Crippen molar-refractivity contribution in [1.82, 2.24) is 0 Å². The summed E-state index contributed by atoms with van der Waals surface area (Å²) in [6.45, 7) is 12.7. The van der Waals surface area contributed by atoms with Gasteiger partial charge in [-0.1, -0.05) is 32.6 Å². The summed E-state index contributed by atoms with van der Waals surface area (Å²) in [5.41, 5.74) is -2.88. The maximum absolute atomic E-state index is 12.8. The third-order valence-corrected chi connectivity index (χ3v) is 8.09. The maximum Gasteiger partial charge on any atom is 0.312 e. The van der Waals surface area contributed by atoms with Crippen molar-refractivity contribution in [3.05, 3.63) is 36.5 Å². The zero-order valence-corrected chi connectivity index (χ0v) is 22.0. The average molecular weight is 525 g/mol. The van der Waals surface area contributed by atoms with Crippen LogP contribution < -0.4 is 0 Å². The van der Waals surface area contributed by atoms with Crippen molar-refractivity contribution in [1.29, 1.82) is 0 Å². The van der Waals surface area contributed by atoms with Crippen molar-refractivity contribution in [3.63, 3.8) is 0 Å². The first-order valence-electron chi connectivity index (χ1n) is 11.8. The molecule has 2 aliphatic carbocycles. The fourth-order valence-corrected chi connectivity index (χ4v) is 6.05. The minimum Gasteiger partial charge on any atom is -0.459 e. The first kappa shape index (κ1) is 27.9. The maximum atomic E-state index is 12.8. The number of allylic oxidation sites excluding steroid dienone is 1. The number of alkyl halides is 1. The highest BCUT2D eigenvalue weighted by atomic mass is 35.5. The molecule has 0 radical (unpaired) electrons. The summed E-state index contributed by atoms with van der Waals surface area (Å²) in [6.07, 6.45) is 2.25. The fraction of sp³-hybridized carbons (Fsp3) is 0.615. The van der Waals surface area contributed by atoms with Crippen LogP contribution in [0.2, 0.25) is 0 Å². The lowest BCUT2D eigenvalue weighted by Gasteiger charge is -2.53. The Hall–Kier alpha value is -2.65. The quantitative estimate of drug-likeness (QED) is 0.256. The molecule has 3 rings (SSSR count). The van der Waals surface area contributed by atoms with Gasteiger partial charge in [-0.25, -0.2) is 0 Å². The molecule has 0 aromatic carbocycles. The molecule has 0 spiro atoms. The van der Waals surface area contributed by atoms with Gasteiger partial charge in [0, 0.05) is 38.0 Å². The Balaban J connectivity index is 2.35. The second-order valence-corrected chi connectivity index (χ2v) is 10.5. The van der Waals surface area contributed by atoms with E-state index < -0.39 is 82.4 Å². The molecule has 36 heavy (non-hydrogen) atoms. The molecule has 0 saturated carbocycles. The SMILES string of the molecule is C=C1/C=C\[C@H](OC(C)=O)[C@@]2(C)C=C[C@@H](OC(C)=O)[C@H](C)[C@@H]2[C@H](OC(C)=O)[C@]2(O)[C@@H](C)C(=O)O[C@H]2[C@H]1Cl. The van der Waals surface area contributed by atoms with Gasteiger partial charge < -0.3 is 24.1 Å². The first-order chi connectivity index (χ1) is 16.6. The van der Waals surface area contributed by atoms with Crippen LogP contribution in [-0.4, -0.2) is 64.4 Å². The third kappa shape index (κ3) is 4.70. The van der Waals surface area contributed by atoms with Gasteiger partial charge in [-0.3, -0.25) is 19.2 Å². The van der Waals surface area contributed by atoms with E-state index in [0.29, 0.717) is 5.57 Å². The van der Waals surface area contributed by atoms with Crippen LogP contribution in [-0.2, 0) is 38.1 Å². The monoisotopic (exact) mass is 524 g/mol. The Morgan fingerprint density at radius 2 is 1.64 bits per heavy atom. The highest BCUT2D eigenvalue weighted by Crippen LogP contribution is 2.54. The predicted molar refractivity (Wildman–Crippen MR) is 128 cm³/mol. The van der Waals surface area contributed by atoms with Crippen LogP contribution >= 0.6 is 11.6 Å². The largest absolute Gasteiger partial charge is 0.459 e. The molecule has 1 saturated heterocycles. The summed E-state index contributed by atoms with van der Waals surface area (Å²) in [4.78, 5) is 49.2. The molecule has 1 fully saturated rings. The summed E-state index contributed by atoms with van der Waals surface area (Å²) in [7, 11) is 0. The van der Waals surface area contributed by atoms with Crippen LogP contribution in [0.15, 0.2) is 36.5 Å². The van der Waals surface area contributed by atoms with Crippen LogP contribution in [0.5, 0.6) is 0 Å². The molecule has 0 aromatic heterocycles. The van der Waals surface area contributed by atoms with Crippen LogP contribution in [0, 0.1) is 23.2 Å². The lowest BCUT2D eigenvalue weighted by atomic mass is 9.56. The Morgan fingerprint density at radius 3 is 2.19 bits per heavy atom. The second kappa shape index (κ2) is 10.0. The first-order valence-corrected chi connectivity index (χ1v) is 12.2. The van der Waals surface area contributed by atoms with Gasteiger partial charge in [0.15, 0.2) is 11.7 Å². The number of esters is 4. The lowest BCUT2D eigenvalue weighted by molar-refractivity contribution is -0.211. The number of halogens is 1. The number of rotatable bonds is 3. The van der Waals surface area contributed by atoms with Gasteiger partial charge >= 0.3 is 23.9 Å². The zero-order chi connectivity index (χ0) is 27.2. The lowest BCUT2D eigenvalue weighted by Crippen LogP contribution is -2.65. The highest BCUT2D eigenvalue weighted by molar-refractivity contribution is 6.23. The summed E-state index contributed by atoms with van der Waals surface area (Å²) < 4.78 is 22.6. The minimum absolute atomic E-state index is 0.299. The molecule has 0 unspecified atom stereocenters. The van der Waals surface area contributed by atoms with Crippen molar-refractivity contribution in [3.8, 4) is 0 Å². The second-order valence-electron chi connectivity index (χ2n) is 10.0. The molecule has 9 nitrogen and oxygen atoms in total. The molecule has 3 aliphatic rings. The van der Waals surface area contributed by atoms with Gasteiger partial charge in [0.25, 0.3) is 0 Å². The Kier molecular flexibility index (Phi) is 7.77. The number of ether oxygens (including phenoxy) is 4. The number of hydrogen-bond donors (Lipinski definition) is 1. The van der Waals surface area contributed by atoms with Crippen molar-refractivity contribution >= 4 is 35.5 Å². The van der Waals surface area contributed by atoms with E-state index in [4.69, 9.17) is 30.5 Å². The van der Waals surface area contributed by atoms with Gasteiger partial charge in [-0.15, -0.1) is 11.6 Å². The molecule has 0 bridgehead atoms. The van der Waals surface area contributed by atoms with E-state index in [1.54, 1.807) is 38.2 Å². The van der Waals surface area contributed by atoms with E-state index in [1.165, 1.54) is 27.7 Å². The molecule has 0 aromatic rings. The third-order valence-electron chi connectivity index (χ3n) is 7.58. The molecule has 1 N–H and O–H groups in total. The molecule has 1 aliphatic heterocycles. The van der Waals surface area contributed by atoms with Crippen molar-refractivity contribution in [2.75, 3.05) is 0 Å². The predicted octanol–water partition coefficient (Wildman–Crippen LogP) is 2.64. The minimum atomic E-state index is -2.09. The van der Waals surface area contributed by atoms with E-state index in [2.05, 4.69) is 6.58 Å². The molecule has 0 amide bonds. The number of carbonyl (C=O) groups excluding carboxylic acids is 4. The number of carbonyl (C=O) groups is 4. The van der Waals surface area contributed by atoms with E-state index in [1.807, 2.05) is 0 Å². The molecule has 198 valence electrons. The van der Waals surface area contributed by atoms with Gasteiger partial charge in [0.05, 0.1) is 11.3 Å². The molecule has 1 heterocycles. The number of fused-ring (bicyclic) bond motifs is 2. The van der Waals surface area contributed by atoms with Gasteiger partial charge in [-0.2, -0.15) is 0 Å². The van der Waals surface area contributed by atoms with E-state index in [0.717, 1.165) is 0 Å². The van der Waals surface area contributed by atoms with Crippen molar-refractivity contribution in [2.45, 2.75) is 76.9 Å². The average Bonchev–Trinajstić information content (AvgIpc) is 3.00. The summed E-state index contributed by atoms with van der Waals surface area (Å²) in [6, 6.07) is 0.